The summed E-state index contributed by atoms with van der Waals surface area (Å²) in [5.74, 6) is 1.25. The molecular weight excluding hydrogens is 302 g/mol. The highest BCUT2D eigenvalue weighted by Gasteiger charge is 2.13. The Balaban J connectivity index is 2.81. The molecule has 0 fully saturated rings. The largest absolute Gasteiger partial charge is 0.356 e. The Morgan fingerprint density at radius 1 is 1.24 bits per heavy atom. The number of nitrogens with one attached hydrogen (secondary N) is 1. The highest BCUT2D eigenvalue weighted by atomic mass is 14.9. The smallest absolute Gasteiger partial charge is 0.0387 e. The van der Waals surface area contributed by atoms with Gasteiger partial charge in [0.2, 0.25) is 0 Å². The lowest BCUT2D eigenvalue weighted by Crippen LogP contribution is -2.05. The van der Waals surface area contributed by atoms with Gasteiger partial charge < -0.3 is 5.32 Å². The van der Waals surface area contributed by atoms with Gasteiger partial charge in [0.15, 0.2) is 0 Å². The fraction of sp³-hybridized carbons (Fsp3) is 0.417. The third-order valence-electron chi connectivity index (χ3n) is 4.74. The summed E-state index contributed by atoms with van der Waals surface area (Å²) in [6.45, 7) is 18.7. The van der Waals surface area contributed by atoms with Gasteiger partial charge in [-0.1, -0.05) is 77.1 Å². The molecule has 2 atom stereocenters. The summed E-state index contributed by atoms with van der Waals surface area (Å²) in [6.07, 6.45) is 11.8. The lowest BCUT2D eigenvalue weighted by molar-refractivity contribution is 0.439. The molecule has 25 heavy (non-hydrogen) atoms. The van der Waals surface area contributed by atoms with E-state index in [4.69, 9.17) is 0 Å². The molecule has 0 heterocycles. The first kappa shape index (κ1) is 21.0. The van der Waals surface area contributed by atoms with Crippen LogP contribution in [0.5, 0.6) is 0 Å². The van der Waals surface area contributed by atoms with Crippen molar-refractivity contribution in [2.75, 3.05) is 5.32 Å². The van der Waals surface area contributed by atoms with Crippen molar-refractivity contribution in [2.24, 2.45) is 5.92 Å². The minimum absolute atomic E-state index is 0.537. The number of hydrogen-bond donors (Lipinski definition) is 1. The van der Waals surface area contributed by atoms with Gasteiger partial charge in [-0.2, -0.15) is 0 Å². The number of anilines is 1. The van der Waals surface area contributed by atoms with Crippen molar-refractivity contribution in [3.05, 3.63) is 79.1 Å². The van der Waals surface area contributed by atoms with Crippen LogP contribution in [0.2, 0.25) is 0 Å². The Morgan fingerprint density at radius 2 is 2.00 bits per heavy atom. The van der Waals surface area contributed by atoms with Gasteiger partial charge in [0.1, 0.15) is 0 Å². The van der Waals surface area contributed by atoms with E-state index in [2.05, 4.69) is 76.2 Å². The number of rotatable bonds is 12. The maximum absolute atomic E-state index is 4.17. The lowest BCUT2D eigenvalue weighted by Gasteiger charge is -2.20. The van der Waals surface area contributed by atoms with Crippen LogP contribution in [0.15, 0.2) is 73.5 Å². The van der Waals surface area contributed by atoms with Gasteiger partial charge in [-0.25, -0.2) is 0 Å². The fourth-order valence-electron chi connectivity index (χ4n) is 3.10. The van der Waals surface area contributed by atoms with E-state index < -0.39 is 0 Å². The summed E-state index contributed by atoms with van der Waals surface area (Å²) in [6, 6.07) is 8.69. The minimum atomic E-state index is 0.537. The van der Waals surface area contributed by atoms with Crippen molar-refractivity contribution >= 4 is 5.69 Å². The highest BCUT2D eigenvalue weighted by Crippen LogP contribution is 2.29. The number of hydrogen-bond acceptors (Lipinski definition) is 1. The normalized spacial score (nSPS) is 13.8. The molecule has 1 aromatic carbocycles. The summed E-state index contributed by atoms with van der Waals surface area (Å²) in [4.78, 5) is 0. The maximum Gasteiger partial charge on any atom is 0.0387 e. The SMILES string of the molecule is C=CCC(CC)CC(C)c1cccc(NC(=C)/C(C=C)=C/CCC)c1. The Kier molecular flexibility index (Phi) is 9.69. The van der Waals surface area contributed by atoms with Crippen LogP contribution in [-0.2, 0) is 0 Å². The Hall–Kier alpha value is -2.02. The van der Waals surface area contributed by atoms with E-state index in [0.717, 1.165) is 36.2 Å². The molecule has 1 aromatic rings. The molecular formula is C24H35N. The van der Waals surface area contributed by atoms with Crippen LogP contribution in [0.3, 0.4) is 0 Å². The average Bonchev–Trinajstić information content (AvgIpc) is 2.62. The first-order chi connectivity index (χ1) is 12.0. The molecule has 1 rings (SSSR count). The van der Waals surface area contributed by atoms with E-state index >= 15 is 0 Å². The molecule has 1 nitrogen and oxygen atoms in total. The first-order valence-corrected chi connectivity index (χ1v) is 9.55. The van der Waals surface area contributed by atoms with Gasteiger partial charge in [-0.15, -0.1) is 6.58 Å². The number of allylic oxidation sites excluding steroid dienone is 3. The minimum Gasteiger partial charge on any atom is -0.356 e. The maximum atomic E-state index is 4.17. The molecule has 0 radical (unpaired) electrons. The van der Waals surface area contributed by atoms with Crippen LogP contribution < -0.4 is 5.32 Å². The molecule has 0 saturated carbocycles. The Labute approximate surface area is 155 Å². The van der Waals surface area contributed by atoms with Gasteiger partial charge in [0, 0.05) is 11.4 Å². The summed E-state index contributed by atoms with van der Waals surface area (Å²) in [7, 11) is 0. The van der Waals surface area contributed by atoms with Gasteiger partial charge in [0.05, 0.1) is 0 Å². The summed E-state index contributed by atoms with van der Waals surface area (Å²) in [5.41, 5.74) is 4.46. The zero-order chi connectivity index (χ0) is 18.7. The summed E-state index contributed by atoms with van der Waals surface area (Å²) in [5, 5.41) is 3.44. The van der Waals surface area contributed by atoms with Crippen LogP contribution in [0.1, 0.15) is 64.4 Å². The molecule has 1 heteroatoms. The van der Waals surface area contributed by atoms with Crippen LogP contribution in [-0.4, -0.2) is 0 Å². The number of unbranched alkanes of at least 4 members (excludes halogenated alkanes) is 1. The van der Waals surface area contributed by atoms with E-state index in [1.807, 2.05) is 12.2 Å². The predicted molar refractivity (Wildman–Crippen MR) is 114 cm³/mol. The Morgan fingerprint density at radius 3 is 2.60 bits per heavy atom. The van der Waals surface area contributed by atoms with Crippen molar-refractivity contribution in [2.45, 2.75) is 58.8 Å². The zero-order valence-electron chi connectivity index (χ0n) is 16.4. The molecule has 0 amide bonds. The van der Waals surface area contributed by atoms with Crippen molar-refractivity contribution in [3.63, 3.8) is 0 Å². The van der Waals surface area contributed by atoms with Gasteiger partial charge in [-0.05, 0) is 54.4 Å². The molecule has 0 aliphatic rings. The van der Waals surface area contributed by atoms with Crippen LogP contribution >= 0.6 is 0 Å². The van der Waals surface area contributed by atoms with Crippen LogP contribution in [0.25, 0.3) is 0 Å². The van der Waals surface area contributed by atoms with Crippen LogP contribution in [0, 0.1) is 5.92 Å². The summed E-state index contributed by atoms with van der Waals surface area (Å²) >= 11 is 0. The molecule has 0 spiro atoms. The number of benzene rings is 1. The van der Waals surface area contributed by atoms with Crippen LogP contribution in [0.4, 0.5) is 5.69 Å². The summed E-state index contributed by atoms with van der Waals surface area (Å²) < 4.78 is 0. The zero-order valence-corrected chi connectivity index (χ0v) is 16.4. The highest BCUT2D eigenvalue weighted by molar-refractivity contribution is 5.56. The second-order valence-corrected chi connectivity index (χ2v) is 6.82. The quantitative estimate of drug-likeness (QED) is 0.305. The van der Waals surface area contributed by atoms with E-state index in [0.29, 0.717) is 11.8 Å². The molecule has 0 aliphatic heterocycles. The van der Waals surface area contributed by atoms with Gasteiger partial charge >= 0.3 is 0 Å². The fourth-order valence-corrected chi connectivity index (χ4v) is 3.10. The van der Waals surface area contributed by atoms with Crippen molar-refractivity contribution in [1.29, 1.82) is 0 Å². The predicted octanol–water partition coefficient (Wildman–Crippen LogP) is 7.62. The molecule has 0 saturated heterocycles. The van der Waals surface area contributed by atoms with Crippen molar-refractivity contribution < 1.29 is 0 Å². The molecule has 136 valence electrons. The molecule has 1 N–H and O–H groups in total. The average molecular weight is 338 g/mol. The topological polar surface area (TPSA) is 12.0 Å². The monoisotopic (exact) mass is 337 g/mol. The second-order valence-electron chi connectivity index (χ2n) is 6.82. The molecule has 0 aliphatic carbocycles. The van der Waals surface area contributed by atoms with E-state index in [1.54, 1.807) is 0 Å². The van der Waals surface area contributed by atoms with E-state index in [-0.39, 0.29) is 0 Å². The van der Waals surface area contributed by atoms with Crippen molar-refractivity contribution in [3.8, 4) is 0 Å². The van der Waals surface area contributed by atoms with Gasteiger partial charge in [0.25, 0.3) is 0 Å². The third kappa shape index (κ3) is 7.17. The van der Waals surface area contributed by atoms with E-state index in [9.17, 15) is 0 Å². The Bertz CT molecular complexity index is 594. The molecule has 0 aromatic heterocycles. The molecule has 0 bridgehead atoms. The standard InChI is InChI=1S/C24H35N/c1-7-11-14-22(10-4)20(6)25-24-16-12-15-23(18-24)19(5)17-21(9-3)13-8-2/h8,10,12,14-16,18-19,21,25H,2,4,6-7,9,11,13,17H2,1,3,5H3/b22-14+. The third-order valence-corrected chi connectivity index (χ3v) is 4.74. The molecule has 2 unspecified atom stereocenters. The van der Waals surface area contributed by atoms with Crippen molar-refractivity contribution in [1.82, 2.24) is 0 Å². The lowest BCUT2D eigenvalue weighted by atomic mass is 9.87. The second kappa shape index (κ2) is 11.5. The first-order valence-electron chi connectivity index (χ1n) is 9.55. The van der Waals surface area contributed by atoms with Gasteiger partial charge in [-0.3, -0.25) is 0 Å². The van der Waals surface area contributed by atoms with E-state index in [1.165, 1.54) is 18.4 Å².